The van der Waals surface area contributed by atoms with Crippen LogP contribution in [0.15, 0.2) is 72.8 Å². The fourth-order valence-electron chi connectivity index (χ4n) is 4.18. The third-order valence-corrected chi connectivity index (χ3v) is 6.03. The number of methoxy groups -OCH3 is 1. The van der Waals surface area contributed by atoms with E-state index in [2.05, 4.69) is 40.5 Å². The normalized spacial score (nSPS) is 14.9. The lowest BCUT2D eigenvalue weighted by molar-refractivity contribution is 0.189. The summed E-state index contributed by atoms with van der Waals surface area (Å²) < 4.78 is 25.6. The molecule has 1 fully saturated rings. The number of para-hydroxylation sites is 1. The van der Waals surface area contributed by atoms with E-state index in [0.717, 1.165) is 38.0 Å². The number of nitrogens with one attached hydrogen (secondary N) is 1. The first-order chi connectivity index (χ1) is 15.7. The maximum Gasteiger partial charge on any atom is 0.166 e. The van der Waals surface area contributed by atoms with Gasteiger partial charge >= 0.3 is 0 Å². The average molecular weight is 435 g/mol. The molecule has 0 spiro atoms. The first-order valence-electron chi connectivity index (χ1n) is 11.2. The van der Waals surface area contributed by atoms with Crippen molar-refractivity contribution in [2.45, 2.75) is 38.6 Å². The summed E-state index contributed by atoms with van der Waals surface area (Å²) in [4.78, 5) is 2.52. The first-order valence-corrected chi connectivity index (χ1v) is 11.2. The van der Waals surface area contributed by atoms with E-state index < -0.39 is 0 Å². The van der Waals surface area contributed by atoms with E-state index in [9.17, 15) is 4.39 Å². The summed E-state index contributed by atoms with van der Waals surface area (Å²) in [6.07, 6.45) is 2.23. The van der Waals surface area contributed by atoms with Gasteiger partial charge in [0.1, 0.15) is 12.4 Å². The molecule has 4 rings (SSSR count). The fourth-order valence-corrected chi connectivity index (χ4v) is 4.18. The van der Waals surface area contributed by atoms with Gasteiger partial charge in [0.25, 0.3) is 0 Å². The van der Waals surface area contributed by atoms with E-state index in [4.69, 9.17) is 9.47 Å². The number of rotatable bonds is 9. The second kappa shape index (κ2) is 11.1. The van der Waals surface area contributed by atoms with Crippen LogP contribution in [0.4, 0.5) is 4.39 Å². The Kier molecular flexibility index (Phi) is 7.75. The van der Waals surface area contributed by atoms with Crippen molar-refractivity contribution in [3.63, 3.8) is 0 Å². The van der Waals surface area contributed by atoms with Crippen LogP contribution in [-0.2, 0) is 19.7 Å². The summed E-state index contributed by atoms with van der Waals surface area (Å²) in [7, 11) is 1.63. The largest absolute Gasteiger partial charge is 0.493 e. The third-order valence-electron chi connectivity index (χ3n) is 6.03. The van der Waals surface area contributed by atoms with E-state index in [0.29, 0.717) is 29.6 Å². The Labute approximate surface area is 190 Å². The topological polar surface area (TPSA) is 33.7 Å². The van der Waals surface area contributed by atoms with Gasteiger partial charge in [0.2, 0.25) is 0 Å². The van der Waals surface area contributed by atoms with E-state index in [1.54, 1.807) is 19.2 Å². The quantitative estimate of drug-likeness (QED) is 0.504. The number of benzene rings is 3. The number of nitrogens with zero attached hydrogens (tertiary/aromatic N) is 1. The van der Waals surface area contributed by atoms with Gasteiger partial charge in [-0.3, -0.25) is 4.90 Å². The van der Waals surface area contributed by atoms with Crippen LogP contribution < -0.4 is 14.8 Å². The zero-order valence-electron chi connectivity index (χ0n) is 18.6. The minimum Gasteiger partial charge on any atom is -0.493 e. The SMILES string of the molecule is COc1cccc(CNC2CCN(Cc3ccccc3)CC2)c1OCc1ccccc1F. The molecule has 4 nitrogen and oxygen atoms in total. The van der Waals surface area contributed by atoms with Crippen LogP contribution in [0.3, 0.4) is 0 Å². The van der Waals surface area contributed by atoms with Crippen LogP contribution in [0.2, 0.25) is 0 Å². The highest BCUT2D eigenvalue weighted by Crippen LogP contribution is 2.32. The molecule has 0 aromatic heterocycles. The lowest BCUT2D eigenvalue weighted by Gasteiger charge is -2.32. The maximum absolute atomic E-state index is 14.0. The second-order valence-corrected chi connectivity index (χ2v) is 8.25. The van der Waals surface area contributed by atoms with Gasteiger partial charge < -0.3 is 14.8 Å². The molecule has 0 saturated carbocycles. The molecule has 0 unspecified atom stereocenters. The maximum atomic E-state index is 14.0. The van der Waals surface area contributed by atoms with E-state index in [1.165, 1.54) is 11.6 Å². The number of hydrogen-bond donors (Lipinski definition) is 1. The first kappa shape index (κ1) is 22.3. The van der Waals surface area contributed by atoms with Crippen molar-refractivity contribution < 1.29 is 13.9 Å². The van der Waals surface area contributed by atoms with Crippen LogP contribution >= 0.6 is 0 Å². The Morgan fingerprint density at radius 2 is 1.62 bits per heavy atom. The van der Waals surface area contributed by atoms with Gasteiger partial charge in [-0.05, 0) is 43.6 Å². The van der Waals surface area contributed by atoms with Crippen LogP contribution in [0.25, 0.3) is 0 Å². The summed E-state index contributed by atoms with van der Waals surface area (Å²) in [6, 6.07) is 23.7. The monoisotopic (exact) mass is 434 g/mol. The van der Waals surface area contributed by atoms with E-state index >= 15 is 0 Å². The minimum absolute atomic E-state index is 0.165. The lowest BCUT2D eigenvalue weighted by atomic mass is 10.0. The van der Waals surface area contributed by atoms with Gasteiger partial charge in [0.05, 0.1) is 7.11 Å². The number of likely N-dealkylation sites (tertiary alicyclic amines) is 1. The van der Waals surface area contributed by atoms with Gasteiger partial charge in [-0.15, -0.1) is 0 Å². The Balaban J connectivity index is 1.33. The van der Waals surface area contributed by atoms with Crippen molar-refractivity contribution in [1.29, 1.82) is 0 Å². The van der Waals surface area contributed by atoms with Crippen LogP contribution in [0, 0.1) is 5.82 Å². The Morgan fingerprint density at radius 1 is 0.906 bits per heavy atom. The smallest absolute Gasteiger partial charge is 0.166 e. The van der Waals surface area contributed by atoms with Gasteiger partial charge in [-0.2, -0.15) is 0 Å². The molecule has 1 N–H and O–H groups in total. The summed E-state index contributed by atoms with van der Waals surface area (Å²) in [5.41, 5.74) is 2.92. The van der Waals surface area contributed by atoms with Crippen molar-refractivity contribution in [3.8, 4) is 11.5 Å². The Bertz CT molecular complexity index is 988. The molecule has 5 heteroatoms. The molecule has 168 valence electrons. The molecular formula is C27H31FN2O2. The molecule has 3 aromatic rings. The summed E-state index contributed by atoms with van der Waals surface area (Å²) in [6.45, 7) is 4.03. The van der Waals surface area contributed by atoms with Crippen molar-refractivity contribution in [3.05, 3.63) is 95.3 Å². The summed E-state index contributed by atoms with van der Waals surface area (Å²) >= 11 is 0. The molecule has 0 bridgehead atoms. The van der Waals surface area contributed by atoms with Crippen LogP contribution in [0.5, 0.6) is 11.5 Å². The Hall–Kier alpha value is -2.89. The highest BCUT2D eigenvalue weighted by atomic mass is 19.1. The van der Waals surface area contributed by atoms with Crippen molar-refractivity contribution in [2.24, 2.45) is 0 Å². The standard InChI is InChI=1S/C27H31FN2O2/c1-31-26-13-7-11-22(27(26)32-20-23-10-5-6-12-25(23)28)18-29-24-14-16-30(17-15-24)19-21-8-3-2-4-9-21/h2-13,24,29H,14-20H2,1H3. The predicted molar refractivity (Wildman–Crippen MR) is 125 cm³/mol. The number of halogens is 1. The molecule has 1 saturated heterocycles. The van der Waals surface area contributed by atoms with Crippen LogP contribution in [0.1, 0.15) is 29.5 Å². The minimum atomic E-state index is -0.260. The fraction of sp³-hybridized carbons (Fsp3) is 0.333. The highest BCUT2D eigenvalue weighted by molar-refractivity contribution is 5.46. The van der Waals surface area contributed by atoms with E-state index in [-0.39, 0.29) is 12.4 Å². The van der Waals surface area contributed by atoms with Gasteiger partial charge in [0, 0.05) is 30.3 Å². The Morgan fingerprint density at radius 3 is 2.38 bits per heavy atom. The van der Waals surface area contributed by atoms with Crippen LogP contribution in [-0.4, -0.2) is 31.1 Å². The highest BCUT2D eigenvalue weighted by Gasteiger charge is 2.20. The second-order valence-electron chi connectivity index (χ2n) is 8.25. The van der Waals surface area contributed by atoms with Gasteiger partial charge in [0.15, 0.2) is 11.5 Å². The van der Waals surface area contributed by atoms with Crippen molar-refractivity contribution in [2.75, 3.05) is 20.2 Å². The molecule has 0 amide bonds. The van der Waals surface area contributed by atoms with Gasteiger partial charge in [-0.25, -0.2) is 4.39 Å². The van der Waals surface area contributed by atoms with E-state index in [1.807, 2.05) is 24.3 Å². The predicted octanol–water partition coefficient (Wildman–Crippen LogP) is 5.17. The molecule has 1 heterocycles. The number of ether oxygens (including phenoxy) is 2. The molecule has 1 aliphatic rings. The zero-order chi connectivity index (χ0) is 22.2. The molecular weight excluding hydrogens is 403 g/mol. The zero-order valence-corrected chi connectivity index (χ0v) is 18.6. The summed E-state index contributed by atoms with van der Waals surface area (Å²) in [5, 5.41) is 3.69. The van der Waals surface area contributed by atoms with Crippen molar-refractivity contribution >= 4 is 0 Å². The molecule has 0 aliphatic carbocycles. The van der Waals surface area contributed by atoms with Gasteiger partial charge in [-0.1, -0.05) is 60.7 Å². The third kappa shape index (κ3) is 5.87. The number of hydrogen-bond acceptors (Lipinski definition) is 4. The van der Waals surface area contributed by atoms with Crippen molar-refractivity contribution in [1.82, 2.24) is 10.2 Å². The molecule has 32 heavy (non-hydrogen) atoms. The summed E-state index contributed by atoms with van der Waals surface area (Å²) in [5.74, 6) is 1.08. The molecule has 0 atom stereocenters. The average Bonchev–Trinajstić information content (AvgIpc) is 2.84. The molecule has 3 aromatic carbocycles. The number of piperidine rings is 1. The lowest BCUT2D eigenvalue weighted by Crippen LogP contribution is -2.41. The molecule has 1 aliphatic heterocycles. The molecule has 0 radical (unpaired) electrons.